The largest absolute Gasteiger partial charge is 0.485 e. The number of halogens is 3. The van der Waals surface area contributed by atoms with E-state index in [2.05, 4.69) is 5.32 Å². The third-order valence-corrected chi connectivity index (χ3v) is 2.04. The van der Waals surface area contributed by atoms with E-state index in [1.165, 1.54) is 0 Å². The van der Waals surface area contributed by atoms with Crippen LogP contribution in [0.25, 0.3) is 0 Å². The quantitative estimate of drug-likeness (QED) is 0.734. The maximum atomic E-state index is 13.0. The van der Waals surface area contributed by atoms with Crippen LogP contribution < -0.4 is 10.1 Å². The zero-order valence-electron chi connectivity index (χ0n) is 7.19. The molecule has 0 saturated carbocycles. The van der Waals surface area contributed by atoms with Crippen molar-refractivity contribution in [2.75, 3.05) is 13.1 Å². The lowest BCUT2D eigenvalue weighted by molar-refractivity contribution is 0.134. The summed E-state index contributed by atoms with van der Waals surface area (Å²) in [5.74, 6) is -4.20. The lowest BCUT2D eigenvalue weighted by Crippen LogP contribution is -2.50. The van der Waals surface area contributed by atoms with E-state index >= 15 is 0 Å². The van der Waals surface area contributed by atoms with Crippen molar-refractivity contribution < 1.29 is 17.9 Å². The van der Waals surface area contributed by atoms with Crippen LogP contribution in [0.3, 0.4) is 0 Å². The molecule has 0 aliphatic carbocycles. The van der Waals surface area contributed by atoms with E-state index in [4.69, 9.17) is 4.74 Å². The Labute approximate surface area is 78.7 Å². The molecule has 1 aromatic carbocycles. The Morgan fingerprint density at radius 3 is 2.43 bits per heavy atom. The molecule has 1 heterocycles. The van der Waals surface area contributed by atoms with Crippen LogP contribution in [-0.2, 0) is 0 Å². The maximum absolute atomic E-state index is 13.0. The summed E-state index contributed by atoms with van der Waals surface area (Å²) >= 11 is 0. The summed E-state index contributed by atoms with van der Waals surface area (Å²) in [4.78, 5) is 0. The second-order valence-corrected chi connectivity index (χ2v) is 3.07. The van der Waals surface area contributed by atoms with Gasteiger partial charge in [-0.1, -0.05) is 0 Å². The molecule has 1 aromatic rings. The highest BCUT2D eigenvalue weighted by Crippen LogP contribution is 2.23. The van der Waals surface area contributed by atoms with Crippen molar-refractivity contribution in [1.29, 1.82) is 0 Å². The van der Waals surface area contributed by atoms with Gasteiger partial charge in [0.25, 0.3) is 0 Å². The molecule has 0 unspecified atom stereocenters. The first kappa shape index (κ1) is 9.33. The van der Waals surface area contributed by atoms with E-state index in [0.29, 0.717) is 13.1 Å². The van der Waals surface area contributed by atoms with E-state index in [1.807, 2.05) is 0 Å². The Morgan fingerprint density at radius 1 is 1.14 bits per heavy atom. The predicted molar refractivity (Wildman–Crippen MR) is 43.6 cm³/mol. The average Bonchev–Trinajstić information content (AvgIpc) is 2.10. The van der Waals surface area contributed by atoms with E-state index in [-0.39, 0.29) is 11.9 Å². The molecule has 0 atom stereocenters. The van der Waals surface area contributed by atoms with Crippen molar-refractivity contribution in [2.24, 2.45) is 0 Å². The van der Waals surface area contributed by atoms with Crippen molar-refractivity contribution in [1.82, 2.24) is 5.32 Å². The SMILES string of the molecule is Fc1ccc(OC2CNC2)c(F)c1F. The van der Waals surface area contributed by atoms with Crippen LogP contribution in [0.15, 0.2) is 12.1 Å². The second-order valence-electron chi connectivity index (χ2n) is 3.07. The van der Waals surface area contributed by atoms with E-state index in [1.54, 1.807) is 0 Å². The molecular formula is C9H8F3NO. The molecule has 2 rings (SSSR count). The molecule has 76 valence electrons. The first-order chi connectivity index (χ1) is 6.68. The zero-order chi connectivity index (χ0) is 10.1. The fraction of sp³-hybridized carbons (Fsp3) is 0.333. The van der Waals surface area contributed by atoms with E-state index in [0.717, 1.165) is 12.1 Å². The number of hydrogen-bond donors (Lipinski definition) is 1. The van der Waals surface area contributed by atoms with Crippen LogP contribution >= 0.6 is 0 Å². The van der Waals surface area contributed by atoms with Gasteiger partial charge >= 0.3 is 0 Å². The van der Waals surface area contributed by atoms with Gasteiger partial charge in [-0.2, -0.15) is 4.39 Å². The summed E-state index contributed by atoms with van der Waals surface area (Å²) in [6.07, 6.45) is -0.158. The Kier molecular flexibility index (Phi) is 2.33. The molecule has 0 spiro atoms. The minimum atomic E-state index is -1.49. The van der Waals surface area contributed by atoms with Gasteiger partial charge in [-0.3, -0.25) is 0 Å². The number of ether oxygens (including phenoxy) is 1. The van der Waals surface area contributed by atoms with Gasteiger partial charge < -0.3 is 10.1 Å². The van der Waals surface area contributed by atoms with Gasteiger partial charge in [0, 0.05) is 13.1 Å². The van der Waals surface area contributed by atoms with E-state index in [9.17, 15) is 13.2 Å². The highest BCUT2D eigenvalue weighted by atomic mass is 19.2. The molecule has 1 N–H and O–H groups in total. The van der Waals surface area contributed by atoms with E-state index < -0.39 is 17.5 Å². The lowest BCUT2D eigenvalue weighted by Gasteiger charge is -2.27. The van der Waals surface area contributed by atoms with Crippen molar-refractivity contribution in [3.05, 3.63) is 29.6 Å². The maximum Gasteiger partial charge on any atom is 0.203 e. The molecular weight excluding hydrogens is 195 g/mol. The highest BCUT2D eigenvalue weighted by Gasteiger charge is 2.22. The van der Waals surface area contributed by atoms with Gasteiger partial charge in [-0.25, -0.2) is 8.78 Å². The van der Waals surface area contributed by atoms with Gasteiger partial charge in [-0.05, 0) is 12.1 Å². The average molecular weight is 203 g/mol. The van der Waals surface area contributed by atoms with Crippen LogP contribution in [0.2, 0.25) is 0 Å². The molecule has 0 radical (unpaired) electrons. The molecule has 2 nitrogen and oxygen atoms in total. The molecule has 1 aliphatic heterocycles. The topological polar surface area (TPSA) is 21.3 Å². The van der Waals surface area contributed by atoms with Gasteiger partial charge in [0.05, 0.1) is 0 Å². The molecule has 1 saturated heterocycles. The molecule has 1 aliphatic rings. The normalized spacial score (nSPS) is 16.5. The van der Waals surface area contributed by atoms with Crippen LogP contribution in [0, 0.1) is 17.5 Å². The molecule has 0 bridgehead atoms. The van der Waals surface area contributed by atoms with Gasteiger partial charge in [0.1, 0.15) is 6.10 Å². The molecule has 0 aromatic heterocycles. The summed E-state index contributed by atoms with van der Waals surface area (Å²) in [5, 5.41) is 2.91. The van der Waals surface area contributed by atoms with Crippen LogP contribution in [-0.4, -0.2) is 19.2 Å². The van der Waals surface area contributed by atoms with Gasteiger partial charge in [0.15, 0.2) is 17.4 Å². The fourth-order valence-electron chi connectivity index (χ4n) is 1.12. The predicted octanol–water partition coefficient (Wildman–Crippen LogP) is 1.45. The zero-order valence-corrected chi connectivity index (χ0v) is 7.19. The lowest BCUT2D eigenvalue weighted by atomic mass is 10.2. The van der Waals surface area contributed by atoms with Gasteiger partial charge in [-0.15, -0.1) is 0 Å². The van der Waals surface area contributed by atoms with Crippen molar-refractivity contribution in [3.63, 3.8) is 0 Å². The molecule has 0 amide bonds. The number of nitrogens with one attached hydrogen (secondary N) is 1. The first-order valence-electron chi connectivity index (χ1n) is 4.19. The summed E-state index contributed by atoms with van der Waals surface area (Å²) in [6.45, 7) is 1.19. The Morgan fingerprint density at radius 2 is 1.86 bits per heavy atom. The summed E-state index contributed by atoms with van der Waals surface area (Å²) < 4.78 is 43.3. The van der Waals surface area contributed by atoms with Crippen LogP contribution in [0.1, 0.15) is 0 Å². The summed E-state index contributed by atoms with van der Waals surface area (Å²) in [7, 11) is 0. The Bertz CT molecular complexity index is 352. The molecule has 1 fully saturated rings. The first-order valence-corrected chi connectivity index (χ1v) is 4.19. The monoisotopic (exact) mass is 203 g/mol. The molecule has 14 heavy (non-hydrogen) atoms. The fourth-order valence-corrected chi connectivity index (χ4v) is 1.12. The summed E-state index contributed by atoms with van der Waals surface area (Å²) in [5.41, 5.74) is 0. The second kappa shape index (κ2) is 3.49. The smallest absolute Gasteiger partial charge is 0.203 e. The Hall–Kier alpha value is -1.23. The van der Waals surface area contributed by atoms with Gasteiger partial charge in [0.2, 0.25) is 5.82 Å². The minimum absolute atomic E-state index is 0.158. The highest BCUT2D eigenvalue weighted by molar-refractivity contribution is 5.26. The van der Waals surface area contributed by atoms with Crippen molar-refractivity contribution >= 4 is 0 Å². The van der Waals surface area contributed by atoms with Crippen molar-refractivity contribution in [2.45, 2.75) is 6.10 Å². The standard InChI is InChI=1S/C9H8F3NO/c10-6-1-2-7(9(12)8(6)11)14-5-3-13-4-5/h1-2,5,13H,3-4H2. The third kappa shape index (κ3) is 1.55. The number of hydrogen-bond acceptors (Lipinski definition) is 2. The summed E-state index contributed by atoms with van der Waals surface area (Å²) in [6, 6.07) is 1.94. The Balaban J connectivity index is 2.20. The molecule has 5 heteroatoms. The number of rotatable bonds is 2. The van der Waals surface area contributed by atoms with Crippen molar-refractivity contribution in [3.8, 4) is 5.75 Å². The van der Waals surface area contributed by atoms with Crippen LogP contribution in [0.4, 0.5) is 13.2 Å². The minimum Gasteiger partial charge on any atom is -0.485 e. The number of benzene rings is 1. The van der Waals surface area contributed by atoms with Crippen LogP contribution in [0.5, 0.6) is 5.75 Å². The third-order valence-electron chi connectivity index (χ3n) is 2.04.